The topological polar surface area (TPSA) is 92.8 Å². The molecule has 0 fully saturated rings. The van der Waals surface area contributed by atoms with Crippen LogP contribution in [0.5, 0.6) is 0 Å². The van der Waals surface area contributed by atoms with E-state index in [1.165, 1.54) is 35.7 Å². The highest BCUT2D eigenvalue weighted by Gasteiger charge is 2.27. The first kappa shape index (κ1) is 25.0. The summed E-state index contributed by atoms with van der Waals surface area (Å²) >= 11 is 6.24. The number of methoxy groups -OCH3 is 1. The third-order valence-corrected chi connectivity index (χ3v) is 7.20. The van der Waals surface area contributed by atoms with Gasteiger partial charge in [-0.15, -0.1) is 6.58 Å². The van der Waals surface area contributed by atoms with Gasteiger partial charge in [0, 0.05) is 12.1 Å². The summed E-state index contributed by atoms with van der Waals surface area (Å²) in [6.07, 6.45) is 1.47. The minimum atomic E-state index is -4.08. The Hall–Kier alpha value is -3.62. The zero-order valence-corrected chi connectivity index (χ0v) is 20.0. The van der Waals surface area contributed by atoms with Gasteiger partial charge >= 0.3 is 5.97 Å². The Morgan fingerprint density at radius 1 is 1.03 bits per heavy atom. The quantitative estimate of drug-likeness (QED) is 0.348. The minimum Gasteiger partial charge on any atom is -0.465 e. The number of rotatable bonds is 9. The molecule has 0 bridgehead atoms. The van der Waals surface area contributed by atoms with Crippen LogP contribution in [0.1, 0.15) is 26.3 Å². The molecule has 0 aliphatic rings. The molecule has 0 heterocycles. The standard InChI is InChI=1S/C25H23ClN2O5S/c1-3-15-28(21-7-5-4-6-8-21)34(31,32)23-16-20(13-14-22(23)26)24(29)27-17-18-9-11-19(12-10-18)25(30)33-2/h3-14,16H,1,15,17H2,2H3,(H,27,29). The molecule has 3 rings (SSSR count). The fraction of sp³-hybridized carbons (Fsp3) is 0.120. The van der Waals surface area contributed by atoms with E-state index in [9.17, 15) is 18.0 Å². The number of hydrogen-bond donors (Lipinski definition) is 1. The van der Waals surface area contributed by atoms with E-state index < -0.39 is 21.9 Å². The third-order valence-electron chi connectivity index (χ3n) is 4.93. The zero-order chi connectivity index (χ0) is 24.7. The van der Waals surface area contributed by atoms with Crippen molar-refractivity contribution in [2.45, 2.75) is 11.4 Å². The fourth-order valence-electron chi connectivity index (χ4n) is 3.18. The van der Waals surface area contributed by atoms with Crippen LogP contribution in [0.4, 0.5) is 5.69 Å². The van der Waals surface area contributed by atoms with Crippen molar-refractivity contribution in [2.75, 3.05) is 18.0 Å². The predicted molar refractivity (Wildman–Crippen MR) is 132 cm³/mol. The molecule has 34 heavy (non-hydrogen) atoms. The average molecular weight is 499 g/mol. The van der Waals surface area contributed by atoms with Gasteiger partial charge in [-0.2, -0.15) is 0 Å². The predicted octanol–water partition coefficient (Wildman–Crippen LogP) is 4.44. The highest BCUT2D eigenvalue weighted by Crippen LogP contribution is 2.29. The van der Waals surface area contributed by atoms with E-state index in [0.717, 1.165) is 5.56 Å². The average Bonchev–Trinajstić information content (AvgIpc) is 2.86. The first-order chi connectivity index (χ1) is 16.3. The molecule has 0 radical (unpaired) electrons. The summed E-state index contributed by atoms with van der Waals surface area (Å²) in [7, 11) is -2.78. The highest BCUT2D eigenvalue weighted by atomic mass is 35.5. The molecule has 9 heteroatoms. The SMILES string of the molecule is C=CCN(c1ccccc1)S(=O)(=O)c1cc(C(=O)NCc2ccc(C(=O)OC)cc2)ccc1Cl. The van der Waals surface area contributed by atoms with Crippen LogP contribution in [0, 0.1) is 0 Å². The summed E-state index contributed by atoms with van der Waals surface area (Å²) in [5.74, 6) is -0.924. The van der Waals surface area contributed by atoms with Crippen molar-refractivity contribution in [1.82, 2.24) is 5.32 Å². The molecule has 0 atom stereocenters. The number of nitrogens with zero attached hydrogens (tertiary/aromatic N) is 1. The van der Waals surface area contributed by atoms with Gasteiger partial charge < -0.3 is 10.1 Å². The van der Waals surface area contributed by atoms with Crippen molar-refractivity contribution in [3.05, 3.63) is 107 Å². The number of sulfonamides is 1. The van der Waals surface area contributed by atoms with Gasteiger partial charge in [-0.05, 0) is 48.0 Å². The monoisotopic (exact) mass is 498 g/mol. The van der Waals surface area contributed by atoms with Crippen molar-refractivity contribution in [3.8, 4) is 0 Å². The minimum absolute atomic E-state index is 0.0000533. The van der Waals surface area contributed by atoms with Crippen molar-refractivity contribution >= 4 is 39.2 Å². The van der Waals surface area contributed by atoms with Gasteiger partial charge in [0.25, 0.3) is 15.9 Å². The maximum Gasteiger partial charge on any atom is 0.337 e. The van der Waals surface area contributed by atoms with Gasteiger partial charge in [-0.25, -0.2) is 13.2 Å². The van der Waals surface area contributed by atoms with Crippen molar-refractivity contribution < 1.29 is 22.7 Å². The number of para-hydroxylation sites is 1. The second-order valence-corrected chi connectivity index (χ2v) is 9.41. The Bertz CT molecular complexity index is 1290. The van der Waals surface area contributed by atoms with Crippen LogP contribution in [0.25, 0.3) is 0 Å². The van der Waals surface area contributed by atoms with Crippen LogP contribution < -0.4 is 9.62 Å². The van der Waals surface area contributed by atoms with Crippen molar-refractivity contribution in [1.29, 1.82) is 0 Å². The Morgan fingerprint density at radius 2 is 1.68 bits per heavy atom. The molecule has 0 aromatic heterocycles. The third kappa shape index (κ3) is 5.65. The van der Waals surface area contributed by atoms with E-state index in [1.807, 2.05) is 0 Å². The smallest absolute Gasteiger partial charge is 0.337 e. The highest BCUT2D eigenvalue weighted by molar-refractivity contribution is 7.93. The molecular formula is C25H23ClN2O5S. The number of ether oxygens (including phenoxy) is 1. The molecule has 0 spiro atoms. The molecule has 1 amide bonds. The second kappa shape index (κ2) is 11.0. The van der Waals surface area contributed by atoms with E-state index in [2.05, 4.69) is 16.6 Å². The van der Waals surface area contributed by atoms with Crippen LogP contribution in [0.15, 0.2) is 90.3 Å². The molecule has 3 aromatic rings. The maximum absolute atomic E-state index is 13.4. The van der Waals surface area contributed by atoms with Gasteiger partial charge in [0.1, 0.15) is 4.90 Å². The van der Waals surface area contributed by atoms with Crippen molar-refractivity contribution in [2.24, 2.45) is 0 Å². The second-order valence-electron chi connectivity index (χ2n) is 7.18. The number of halogens is 1. The number of carbonyl (C=O) groups excluding carboxylic acids is 2. The van der Waals surface area contributed by atoms with E-state index in [1.54, 1.807) is 54.6 Å². The number of hydrogen-bond acceptors (Lipinski definition) is 5. The normalized spacial score (nSPS) is 10.9. The molecular weight excluding hydrogens is 476 g/mol. The molecule has 0 unspecified atom stereocenters. The number of esters is 1. The van der Waals surface area contributed by atoms with Gasteiger partial charge in [-0.3, -0.25) is 9.10 Å². The van der Waals surface area contributed by atoms with Gasteiger partial charge in [-0.1, -0.05) is 48.0 Å². The lowest BCUT2D eigenvalue weighted by molar-refractivity contribution is 0.0600. The lowest BCUT2D eigenvalue weighted by Gasteiger charge is -2.24. The number of benzene rings is 3. The Kier molecular flexibility index (Phi) is 8.09. The van der Waals surface area contributed by atoms with Gasteiger partial charge in [0.15, 0.2) is 0 Å². The van der Waals surface area contributed by atoms with Crippen molar-refractivity contribution in [3.63, 3.8) is 0 Å². The lowest BCUT2D eigenvalue weighted by atomic mass is 10.1. The Balaban J connectivity index is 1.82. The molecule has 0 aliphatic carbocycles. The van der Waals surface area contributed by atoms with Crippen LogP contribution in [-0.4, -0.2) is 33.9 Å². The van der Waals surface area contributed by atoms with Gasteiger partial charge in [0.2, 0.25) is 0 Å². The molecule has 0 aliphatic heterocycles. The summed E-state index contributed by atoms with van der Waals surface area (Å²) in [6.45, 7) is 3.85. The Labute approximate surface area is 203 Å². The summed E-state index contributed by atoms with van der Waals surface area (Å²) in [5, 5.41) is 2.74. The number of carbonyl (C=O) groups is 2. The first-order valence-electron chi connectivity index (χ1n) is 10.2. The number of anilines is 1. The summed E-state index contributed by atoms with van der Waals surface area (Å²) in [4.78, 5) is 24.1. The van der Waals surface area contributed by atoms with E-state index in [0.29, 0.717) is 11.3 Å². The molecule has 0 saturated heterocycles. The summed E-state index contributed by atoms with van der Waals surface area (Å²) in [6, 6.07) is 19.2. The van der Waals surface area contributed by atoms with Crippen LogP contribution in [0.3, 0.4) is 0 Å². The zero-order valence-electron chi connectivity index (χ0n) is 18.4. The molecule has 176 valence electrons. The molecule has 7 nitrogen and oxygen atoms in total. The van der Waals surface area contributed by atoms with E-state index >= 15 is 0 Å². The summed E-state index contributed by atoms with van der Waals surface area (Å²) in [5.41, 5.74) is 1.74. The van der Waals surface area contributed by atoms with Crippen LogP contribution in [-0.2, 0) is 21.3 Å². The van der Waals surface area contributed by atoms with E-state index in [4.69, 9.17) is 11.6 Å². The van der Waals surface area contributed by atoms with Crippen LogP contribution in [0.2, 0.25) is 5.02 Å². The Morgan fingerprint density at radius 3 is 2.29 bits per heavy atom. The van der Waals surface area contributed by atoms with E-state index in [-0.39, 0.29) is 28.6 Å². The summed E-state index contributed by atoms with van der Waals surface area (Å²) < 4.78 is 32.7. The maximum atomic E-state index is 13.4. The fourth-order valence-corrected chi connectivity index (χ4v) is 5.11. The molecule has 3 aromatic carbocycles. The largest absolute Gasteiger partial charge is 0.465 e. The molecule has 1 N–H and O–H groups in total. The number of amides is 1. The molecule has 0 saturated carbocycles. The van der Waals surface area contributed by atoms with Crippen LogP contribution >= 0.6 is 11.6 Å². The number of nitrogens with one attached hydrogen (secondary N) is 1. The first-order valence-corrected chi connectivity index (χ1v) is 12.0. The van der Waals surface area contributed by atoms with Gasteiger partial charge in [0.05, 0.1) is 29.9 Å². The lowest BCUT2D eigenvalue weighted by Crippen LogP contribution is -2.31.